The molecule has 18 heavy (non-hydrogen) atoms. The van der Waals surface area contributed by atoms with Crippen molar-refractivity contribution in [2.75, 3.05) is 12.4 Å². The van der Waals surface area contributed by atoms with Gasteiger partial charge in [-0.2, -0.15) is 0 Å². The monoisotopic (exact) mass is 249 g/mol. The van der Waals surface area contributed by atoms with Crippen LogP contribution in [0, 0.1) is 11.6 Å². The molecule has 2 aromatic carbocycles. The van der Waals surface area contributed by atoms with E-state index in [0.717, 1.165) is 11.4 Å². The van der Waals surface area contributed by atoms with Gasteiger partial charge < -0.3 is 10.1 Å². The molecule has 4 heteroatoms. The molecule has 0 fully saturated rings. The van der Waals surface area contributed by atoms with Gasteiger partial charge in [0, 0.05) is 17.8 Å². The molecule has 0 heterocycles. The van der Waals surface area contributed by atoms with Crippen LogP contribution in [0.2, 0.25) is 0 Å². The van der Waals surface area contributed by atoms with Crippen molar-refractivity contribution in [3.63, 3.8) is 0 Å². The van der Waals surface area contributed by atoms with Gasteiger partial charge in [0.15, 0.2) is 0 Å². The zero-order valence-electron chi connectivity index (χ0n) is 9.91. The number of nitrogens with one attached hydrogen (secondary N) is 1. The van der Waals surface area contributed by atoms with Gasteiger partial charge in [-0.25, -0.2) is 8.78 Å². The molecular formula is C14H13F2NO. The highest BCUT2D eigenvalue weighted by Gasteiger charge is 2.07. The first-order chi connectivity index (χ1) is 8.70. The van der Waals surface area contributed by atoms with Crippen molar-refractivity contribution in [3.05, 3.63) is 59.7 Å². The highest BCUT2D eigenvalue weighted by molar-refractivity contribution is 5.46. The molecule has 0 aliphatic rings. The smallest absolute Gasteiger partial charge is 0.131 e. The zero-order valence-corrected chi connectivity index (χ0v) is 9.91. The lowest BCUT2D eigenvalue weighted by Crippen LogP contribution is -2.04. The number of rotatable bonds is 4. The highest BCUT2D eigenvalue weighted by Crippen LogP contribution is 2.17. The van der Waals surface area contributed by atoms with Crippen LogP contribution in [0.25, 0.3) is 0 Å². The Hall–Kier alpha value is -2.10. The van der Waals surface area contributed by atoms with E-state index in [0.29, 0.717) is 0 Å². The van der Waals surface area contributed by atoms with Crippen LogP contribution < -0.4 is 10.1 Å². The molecule has 1 N–H and O–H groups in total. The maximum Gasteiger partial charge on any atom is 0.131 e. The Morgan fingerprint density at radius 3 is 2.17 bits per heavy atom. The number of ether oxygens (including phenoxy) is 1. The van der Waals surface area contributed by atoms with Gasteiger partial charge >= 0.3 is 0 Å². The van der Waals surface area contributed by atoms with E-state index in [2.05, 4.69) is 5.32 Å². The van der Waals surface area contributed by atoms with Crippen LogP contribution in [0.1, 0.15) is 5.56 Å². The third-order valence-corrected chi connectivity index (χ3v) is 2.62. The molecule has 94 valence electrons. The third kappa shape index (κ3) is 2.77. The summed E-state index contributed by atoms with van der Waals surface area (Å²) in [6.45, 7) is 0.102. The number of benzene rings is 2. The average molecular weight is 249 g/mol. The Balaban J connectivity index is 2.06. The van der Waals surface area contributed by atoms with Crippen molar-refractivity contribution < 1.29 is 13.5 Å². The van der Waals surface area contributed by atoms with E-state index in [9.17, 15) is 8.78 Å². The van der Waals surface area contributed by atoms with E-state index in [4.69, 9.17) is 4.74 Å². The van der Waals surface area contributed by atoms with Gasteiger partial charge in [-0.1, -0.05) is 6.07 Å². The molecule has 0 radical (unpaired) electrons. The first kappa shape index (κ1) is 12.4. The van der Waals surface area contributed by atoms with Crippen LogP contribution in [0.5, 0.6) is 5.75 Å². The van der Waals surface area contributed by atoms with E-state index in [1.165, 1.54) is 18.2 Å². The molecule has 0 saturated carbocycles. The van der Waals surface area contributed by atoms with Gasteiger partial charge in [0.1, 0.15) is 17.4 Å². The van der Waals surface area contributed by atoms with Gasteiger partial charge in [0.25, 0.3) is 0 Å². The summed E-state index contributed by atoms with van der Waals surface area (Å²) in [4.78, 5) is 0. The number of methoxy groups -OCH3 is 1. The number of hydrogen-bond acceptors (Lipinski definition) is 2. The van der Waals surface area contributed by atoms with E-state index < -0.39 is 11.6 Å². The molecule has 2 nitrogen and oxygen atoms in total. The zero-order chi connectivity index (χ0) is 13.0. The minimum Gasteiger partial charge on any atom is -0.497 e. The molecule has 2 aromatic rings. The van der Waals surface area contributed by atoms with Gasteiger partial charge in [0.2, 0.25) is 0 Å². The molecule has 0 bridgehead atoms. The summed E-state index contributed by atoms with van der Waals surface area (Å²) in [6.07, 6.45) is 0. The van der Waals surface area contributed by atoms with Crippen LogP contribution in [0.15, 0.2) is 42.5 Å². The average Bonchev–Trinajstić information content (AvgIpc) is 2.39. The Bertz CT molecular complexity index is 506. The summed E-state index contributed by atoms with van der Waals surface area (Å²) in [5.41, 5.74) is 0.812. The van der Waals surface area contributed by atoms with Crippen LogP contribution in [0.3, 0.4) is 0 Å². The Kier molecular flexibility index (Phi) is 3.77. The van der Waals surface area contributed by atoms with E-state index in [-0.39, 0.29) is 12.1 Å². The quantitative estimate of drug-likeness (QED) is 0.894. The minimum absolute atomic E-state index is 0.0355. The summed E-state index contributed by atoms with van der Waals surface area (Å²) in [6, 6.07) is 11.0. The number of hydrogen-bond donors (Lipinski definition) is 1. The van der Waals surface area contributed by atoms with Crippen molar-refractivity contribution in [2.45, 2.75) is 6.54 Å². The second-order valence-electron chi connectivity index (χ2n) is 3.78. The fourth-order valence-corrected chi connectivity index (χ4v) is 1.60. The summed E-state index contributed by atoms with van der Waals surface area (Å²) >= 11 is 0. The van der Waals surface area contributed by atoms with Crippen molar-refractivity contribution in [3.8, 4) is 5.75 Å². The lowest BCUT2D eigenvalue weighted by atomic mass is 10.2. The van der Waals surface area contributed by atoms with Gasteiger partial charge in [-0.3, -0.25) is 0 Å². The largest absolute Gasteiger partial charge is 0.497 e. The Morgan fingerprint density at radius 1 is 1.00 bits per heavy atom. The maximum atomic E-state index is 13.4. The summed E-state index contributed by atoms with van der Waals surface area (Å²) in [5.74, 6) is -0.357. The Morgan fingerprint density at radius 2 is 1.61 bits per heavy atom. The highest BCUT2D eigenvalue weighted by atomic mass is 19.1. The second kappa shape index (κ2) is 5.49. The first-order valence-electron chi connectivity index (χ1n) is 5.51. The van der Waals surface area contributed by atoms with E-state index in [1.54, 1.807) is 31.4 Å². The van der Waals surface area contributed by atoms with Crippen molar-refractivity contribution >= 4 is 5.69 Å². The molecule has 0 aliphatic heterocycles. The SMILES string of the molecule is COc1ccc(NCc2c(F)cccc2F)cc1. The summed E-state index contributed by atoms with van der Waals surface area (Å²) in [5, 5.41) is 2.96. The summed E-state index contributed by atoms with van der Waals surface area (Å²) in [7, 11) is 1.58. The van der Waals surface area contributed by atoms with Gasteiger partial charge in [0.05, 0.1) is 7.11 Å². The minimum atomic E-state index is -0.545. The van der Waals surface area contributed by atoms with Crippen LogP contribution >= 0.6 is 0 Å². The normalized spacial score (nSPS) is 10.2. The van der Waals surface area contributed by atoms with Gasteiger partial charge in [-0.15, -0.1) is 0 Å². The van der Waals surface area contributed by atoms with Crippen molar-refractivity contribution in [1.82, 2.24) is 0 Å². The molecule has 0 spiro atoms. The molecule has 0 aromatic heterocycles. The number of anilines is 1. The molecule has 2 rings (SSSR count). The van der Waals surface area contributed by atoms with Gasteiger partial charge in [-0.05, 0) is 36.4 Å². The molecule has 0 unspecified atom stereocenters. The van der Waals surface area contributed by atoms with E-state index >= 15 is 0 Å². The van der Waals surface area contributed by atoms with Crippen LogP contribution in [0.4, 0.5) is 14.5 Å². The second-order valence-corrected chi connectivity index (χ2v) is 3.78. The topological polar surface area (TPSA) is 21.3 Å². The van der Waals surface area contributed by atoms with Crippen LogP contribution in [-0.2, 0) is 6.54 Å². The summed E-state index contributed by atoms with van der Waals surface area (Å²) < 4.78 is 31.8. The van der Waals surface area contributed by atoms with Crippen molar-refractivity contribution in [1.29, 1.82) is 0 Å². The molecule has 0 amide bonds. The van der Waals surface area contributed by atoms with Crippen LogP contribution in [-0.4, -0.2) is 7.11 Å². The lowest BCUT2D eigenvalue weighted by molar-refractivity contribution is 0.415. The fraction of sp³-hybridized carbons (Fsp3) is 0.143. The lowest BCUT2D eigenvalue weighted by Gasteiger charge is -2.09. The molecule has 0 atom stereocenters. The third-order valence-electron chi connectivity index (χ3n) is 2.62. The van der Waals surface area contributed by atoms with Crippen molar-refractivity contribution in [2.24, 2.45) is 0 Å². The fourth-order valence-electron chi connectivity index (χ4n) is 1.60. The molecule has 0 aliphatic carbocycles. The first-order valence-corrected chi connectivity index (χ1v) is 5.51. The predicted molar refractivity (Wildman–Crippen MR) is 66.7 cm³/mol. The predicted octanol–water partition coefficient (Wildman–Crippen LogP) is 3.59. The Labute approximate surface area is 104 Å². The standard InChI is InChI=1S/C14H13F2NO/c1-18-11-7-5-10(6-8-11)17-9-12-13(15)3-2-4-14(12)16/h2-8,17H,9H2,1H3. The molecular weight excluding hydrogens is 236 g/mol. The molecule has 0 saturated heterocycles. The number of halogens is 2. The van der Waals surface area contributed by atoms with E-state index in [1.807, 2.05) is 0 Å². The maximum absolute atomic E-state index is 13.4.